The minimum Gasteiger partial charge on any atom is -0.444 e. The van der Waals surface area contributed by atoms with Crippen molar-refractivity contribution in [1.29, 1.82) is 0 Å². The monoisotopic (exact) mass is 312 g/mol. The van der Waals surface area contributed by atoms with E-state index in [1.807, 2.05) is 20.8 Å². The molecule has 2 N–H and O–H groups in total. The number of hydrogen-bond acceptors (Lipinski definition) is 3. The van der Waals surface area contributed by atoms with Gasteiger partial charge in [-0.2, -0.15) is 0 Å². The summed E-state index contributed by atoms with van der Waals surface area (Å²) in [6.45, 7) is 15.4. The predicted molar refractivity (Wildman–Crippen MR) is 92.1 cm³/mol. The quantitative estimate of drug-likeness (QED) is 0.771. The second-order valence-corrected chi connectivity index (χ2v) is 8.60. The summed E-state index contributed by atoms with van der Waals surface area (Å²) in [4.78, 5) is 12.1. The summed E-state index contributed by atoms with van der Waals surface area (Å²) in [5.41, 5.74) is -0.243. The summed E-state index contributed by atoms with van der Waals surface area (Å²) in [7, 11) is 0. The first-order valence-electron chi connectivity index (χ1n) is 8.75. The standard InChI is InChI=1S/C18H36N2O2/c1-8-18(9-2,20-15(21)22-16(3,4)5)13-19-14-10-11-17(6,7)12-14/h14,19H,8-13H2,1-7H3,(H,20,21). The minimum atomic E-state index is -0.458. The first kappa shape index (κ1) is 19.3. The summed E-state index contributed by atoms with van der Waals surface area (Å²) in [5.74, 6) is 0. The molecule has 1 saturated carbocycles. The fourth-order valence-corrected chi connectivity index (χ4v) is 3.19. The summed E-state index contributed by atoms with van der Waals surface area (Å²) in [5, 5.41) is 6.79. The van der Waals surface area contributed by atoms with Gasteiger partial charge in [-0.05, 0) is 58.3 Å². The molecule has 4 heteroatoms. The molecule has 1 unspecified atom stereocenters. The van der Waals surface area contributed by atoms with Crippen molar-refractivity contribution in [3.63, 3.8) is 0 Å². The molecule has 22 heavy (non-hydrogen) atoms. The Bertz CT molecular complexity index is 368. The van der Waals surface area contributed by atoms with E-state index in [9.17, 15) is 4.79 Å². The maximum absolute atomic E-state index is 12.1. The normalized spacial score (nSPS) is 21.7. The number of hydrogen-bond donors (Lipinski definition) is 2. The molecule has 1 rings (SSSR count). The van der Waals surface area contributed by atoms with Crippen molar-refractivity contribution in [3.8, 4) is 0 Å². The highest BCUT2D eigenvalue weighted by Crippen LogP contribution is 2.37. The van der Waals surface area contributed by atoms with Gasteiger partial charge in [0.05, 0.1) is 5.54 Å². The van der Waals surface area contributed by atoms with Gasteiger partial charge in [-0.1, -0.05) is 27.7 Å². The molecular formula is C18H36N2O2. The molecule has 0 spiro atoms. The second-order valence-electron chi connectivity index (χ2n) is 8.60. The third kappa shape index (κ3) is 6.15. The SMILES string of the molecule is CCC(CC)(CNC1CCC(C)(C)C1)NC(=O)OC(C)(C)C. The van der Waals surface area contributed by atoms with Gasteiger partial charge in [-0.25, -0.2) is 4.79 Å². The molecule has 0 radical (unpaired) electrons. The van der Waals surface area contributed by atoms with E-state index >= 15 is 0 Å². The van der Waals surface area contributed by atoms with E-state index in [4.69, 9.17) is 4.74 Å². The first-order chi connectivity index (χ1) is 10.0. The average Bonchev–Trinajstić information content (AvgIpc) is 2.72. The zero-order valence-corrected chi connectivity index (χ0v) is 15.6. The Morgan fingerprint density at radius 2 is 1.82 bits per heavy atom. The van der Waals surface area contributed by atoms with Crippen molar-refractivity contribution in [3.05, 3.63) is 0 Å². The fourth-order valence-electron chi connectivity index (χ4n) is 3.19. The highest BCUT2D eigenvalue weighted by atomic mass is 16.6. The Balaban J connectivity index is 2.57. The summed E-state index contributed by atoms with van der Waals surface area (Å²) in [6.07, 6.45) is 5.18. The third-order valence-corrected chi connectivity index (χ3v) is 4.82. The summed E-state index contributed by atoms with van der Waals surface area (Å²) in [6, 6.07) is 0.563. The molecule has 1 atom stereocenters. The molecule has 1 aliphatic rings. The molecule has 0 aromatic carbocycles. The number of alkyl carbamates (subject to hydrolysis) is 1. The highest BCUT2D eigenvalue weighted by molar-refractivity contribution is 5.68. The van der Waals surface area contributed by atoms with Gasteiger partial charge in [0, 0.05) is 12.6 Å². The van der Waals surface area contributed by atoms with Crippen molar-refractivity contribution in [1.82, 2.24) is 10.6 Å². The lowest BCUT2D eigenvalue weighted by Gasteiger charge is -2.35. The maximum atomic E-state index is 12.1. The minimum absolute atomic E-state index is 0.227. The van der Waals surface area contributed by atoms with E-state index < -0.39 is 5.60 Å². The molecule has 0 aliphatic heterocycles. The van der Waals surface area contributed by atoms with Crippen LogP contribution in [0.25, 0.3) is 0 Å². The molecule has 0 saturated heterocycles. The topological polar surface area (TPSA) is 50.4 Å². The van der Waals surface area contributed by atoms with E-state index in [0.29, 0.717) is 11.5 Å². The van der Waals surface area contributed by atoms with Gasteiger partial charge in [0.1, 0.15) is 5.60 Å². The number of nitrogens with one attached hydrogen (secondary N) is 2. The number of carbonyl (C=O) groups is 1. The zero-order valence-electron chi connectivity index (χ0n) is 15.6. The van der Waals surface area contributed by atoms with E-state index in [2.05, 4.69) is 38.3 Å². The van der Waals surface area contributed by atoms with Crippen molar-refractivity contribution in [2.45, 2.75) is 97.8 Å². The number of amides is 1. The fraction of sp³-hybridized carbons (Fsp3) is 0.944. The van der Waals surface area contributed by atoms with Gasteiger partial charge in [0.25, 0.3) is 0 Å². The lowest BCUT2D eigenvalue weighted by Crippen LogP contribution is -2.56. The van der Waals surface area contributed by atoms with E-state index in [1.54, 1.807) is 0 Å². The summed E-state index contributed by atoms with van der Waals surface area (Å²) < 4.78 is 5.42. The van der Waals surface area contributed by atoms with Crippen molar-refractivity contribution in [2.75, 3.05) is 6.54 Å². The van der Waals surface area contributed by atoms with Crippen LogP contribution in [0, 0.1) is 5.41 Å². The second kappa shape index (κ2) is 7.20. The van der Waals surface area contributed by atoms with Crippen LogP contribution in [0.3, 0.4) is 0 Å². The average molecular weight is 312 g/mol. The van der Waals surface area contributed by atoms with Crippen molar-refractivity contribution in [2.24, 2.45) is 5.41 Å². The molecular weight excluding hydrogens is 276 g/mol. The number of ether oxygens (including phenoxy) is 1. The largest absolute Gasteiger partial charge is 0.444 e. The van der Waals surface area contributed by atoms with Crippen LogP contribution < -0.4 is 10.6 Å². The van der Waals surface area contributed by atoms with Gasteiger partial charge >= 0.3 is 6.09 Å². The van der Waals surface area contributed by atoms with Crippen LogP contribution >= 0.6 is 0 Å². The molecule has 4 nitrogen and oxygen atoms in total. The molecule has 1 aliphatic carbocycles. The highest BCUT2D eigenvalue weighted by Gasteiger charge is 2.34. The Morgan fingerprint density at radius 3 is 2.23 bits per heavy atom. The third-order valence-electron chi connectivity index (χ3n) is 4.82. The zero-order chi connectivity index (χ0) is 17.0. The molecule has 130 valence electrons. The smallest absolute Gasteiger partial charge is 0.408 e. The maximum Gasteiger partial charge on any atom is 0.408 e. The Hall–Kier alpha value is -0.770. The van der Waals surface area contributed by atoms with Crippen LogP contribution in [0.4, 0.5) is 4.79 Å². The van der Waals surface area contributed by atoms with Crippen LogP contribution in [0.5, 0.6) is 0 Å². The molecule has 1 fully saturated rings. The van der Waals surface area contributed by atoms with Crippen molar-refractivity contribution < 1.29 is 9.53 Å². The van der Waals surface area contributed by atoms with Crippen LogP contribution in [0.1, 0.15) is 80.6 Å². The van der Waals surface area contributed by atoms with Gasteiger partial charge in [-0.3, -0.25) is 0 Å². The Kier molecular flexibility index (Phi) is 6.31. The van der Waals surface area contributed by atoms with Gasteiger partial charge in [0.15, 0.2) is 0 Å². The summed E-state index contributed by atoms with van der Waals surface area (Å²) >= 11 is 0. The molecule has 0 aromatic heterocycles. The van der Waals surface area contributed by atoms with E-state index in [-0.39, 0.29) is 11.6 Å². The molecule has 0 aromatic rings. The first-order valence-corrected chi connectivity index (χ1v) is 8.75. The predicted octanol–water partition coefficient (Wildman–Crippen LogP) is 4.24. The number of carbonyl (C=O) groups excluding carboxylic acids is 1. The molecule has 0 heterocycles. The lowest BCUT2D eigenvalue weighted by atomic mass is 9.91. The van der Waals surface area contributed by atoms with Crippen LogP contribution in [-0.4, -0.2) is 29.8 Å². The lowest BCUT2D eigenvalue weighted by molar-refractivity contribution is 0.0443. The van der Waals surface area contributed by atoms with Gasteiger partial charge in [-0.15, -0.1) is 0 Å². The molecule has 1 amide bonds. The van der Waals surface area contributed by atoms with Crippen LogP contribution in [0.15, 0.2) is 0 Å². The van der Waals surface area contributed by atoms with Crippen molar-refractivity contribution >= 4 is 6.09 Å². The number of rotatable bonds is 6. The van der Waals surface area contributed by atoms with E-state index in [1.165, 1.54) is 19.3 Å². The molecule has 0 bridgehead atoms. The van der Waals surface area contributed by atoms with Crippen LogP contribution in [-0.2, 0) is 4.74 Å². The Morgan fingerprint density at radius 1 is 1.23 bits per heavy atom. The Labute approximate surface area is 136 Å². The van der Waals surface area contributed by atoms with E-state index in [0.717, 1.165) is 19.4 Å². The van der Waals surface area contributed by atoms with Gasteiger partial charge < -0.3 is 15.4 Å². The van der Waals surface area contributed by atoms with Gasteiger partial charge in [0.2, 0.25) is 0 Å². The van der Waals surface area contributed by atoms with Crippen LogP contribution in [0.2, 0.25) is 0 Å².